The van der Waals surface area contributed by atoms with Crippen LogP contribution < -0.4 is 4.98 Å². The van der Waals surface area contributed by atoms with E-state index in [0.29, 0.717) is 0 Å². The topological polar surface area (TPSA) is 27.0 Å². The number of hydrogen-bond acceptors (Lipinski definition) is 1. The Morgan fingerprint density at radius 3 is 2.75 bits per heavy atom. The molecule has 3 heteroatoms. The quantitative estimate of drug-likeness (QED) is 0.663. The molecule has 0 fully saturated rings. The fourth-order valence-corrected chi connectivity index (χ4v) is 1.19. The Hall–Kier alpha value is -0.687. The first-order valence-electron chi connectivity index (χ1n) is 3.63. The normalized spacial score (nSPS) is 9.83. The summed E-state index contributed by atoms with van der Waals surface area (Å²) in [6.45, 7) is 3.97. The molecule has 0 saturated carbocycles. The van der Waals surface area contributed by atoms with E-state index in [0.717, 1.165) is 16.9 Å². The van der Waals surface area contributed by atoms with E-state index in [9.17, 15) is 0 Å². The van der Waals surface area contributed by atoms with Crippen LogP contribution in [0.5, 0.6) is 0 Å². The number of benzene rings is 1. The third-order valence-electron chi connectivity index (χ3n) is 1.70. The summed E-state index contributed by atoms with van der Waals surface area (Å²) in [7, 11) is 0. The van der Waals surface area contributed by atoms with Crippen molar-refractivity contribution in [1.29, 1.82) is 0 Å². The van der Waals surface area contributed by atoms with Crippen molar-refractivity contribution in [1.82, 2.24) is 9.97 Å². The molecule has 0 bridgehead atoms. The van der Waals surface area contributed by atoms with Crippen molar-refractivity contribution in [3.8, 4) is 0 Å². The first-order valence-corrected chi connectivity index (χ1v) is 3.63. The van der Waals surface area contributed by atoms with E-state index in [4.69, 9.17) is 0 Å². The summed E-state index contributed by atoms with van der Waals surface area (Å²) in [6, 6.07) is 6.11. The molecular formula is C9H9N2Ru. The van der Waals surface area contributed by atoms with Crippen molar-refractivity contribution in [2.24, 2.45) is 0 Å². The zero-order chi connectivity index (χ0) is 7.84. The summed E-state index contributed by atoms with van der Waals surface area (Å²) in [5, 5.41) is 0. The Balaban J connectivity index is 0.000000720. The smallest absolute Gasteiger partial charge is 0.440 e. The van der Waals surface area contributed by atoms with Gasteiger partial charge in [-0.15, -0.1) is 0 Å². The zero-order valence-electron chi connectivity index (χ0n) is 6.98. The molecule has 0 N–H and O–H groups in total. The van der Waals surface area contributed by atoms with Crippen LogP contribution in [-0.4, -0.2) is 4.98 Å². The largest absolute Gasteiger partial charge is 1.00 e. The Morgan fingerprint density at radius 2 is 2.00 bits per heavy atom. The van der Waals surface area contributed by atoms with Gasteiger partial charge in [-0.2, -0.15) is 0 Å². The molecule has 1 heterocycles. The van der Waals surface area contributed by atoms with Crippen LogP contribution in [0.2, 0.25) is 0 Å². The van der Waals surface area contributed by atoms with Gasteiger partial charge in [0.15, 0.2) is 0 Å². The number of nitrogens with zero attached hydrogens (tertiary/aromatic N) is 2. The van der Waals surface area contributed by atoms with E-state index in [1.165, 1.54) is 5.56 Å². The molecule has 12 heavy (non-hydrogen) atoms. The van der Waals surface area contributed by atoms with Crippen LogP contribution in [0.25, 0.3) is 11.0 Å². The summed E-state index contributed by atoms with van der Waals surface area (Å²) in [6.07, 6.45) is 0. The summed E-state index contributed by atoms with van der Waals surface area (Å²) < 4.78 is 0. The Labute approximate surface area is 84.2 Å². The first-order chi connectivity index (χ1) is 5.25. The van der Waals surface area contributed by atoms with Crippen LogP contribution >= 0.6 is 0 Å². The molecule has 2 aromatic rings. The molecule has 2 rings (SSSR count). The van der Waals surface area contributed by atoms with Gasteiger partial charge in [0.2, 0.25) is 0 Å². The van der Waals surface area contributed by atoms with Crippen molar-refractivity contribution in [2.75, 3.05) is 0 Å². The molecule has 1 radical (unpaired) electrons. The van der Waals surface area contributed by atoms with E-state index in [2.05, 4.69) is 29.0 Å². The fraction of sp³-hybridized carbons (Fsp3) is 0.222. The monoisotopic (exact) mass is 247 g/mol. The maximum Gasteiger partial charge on any atom is 1.00 e. The van der Waals surface area contributed by atoms with Crippen LogP contribution in [0.4, 0.5) is 0 Å². The summed E-state index contributed by atoms with van der Waals surface area (Å²) in [5.41, 5.74) is 3.23. The Bertz CT molecular complexity index is 392. The number of imidazole rings is 1. The van der Waals surface area contributed by atoms with Gasteiger partial charge < -0.3 is 9.97 Å². The molecule has 1 aromatic heterocycles. The average molecular weight is 246 g/mol. The Kier molecular flexibility index (Phi) is 2.63. The number of aromatic nitrogens is 2. The molecule has 0 aliphatic rings. The molecule has 2 nitrogen and oxygen atoms in total. The minimum absolute atomic E-state index is 0. The van der Waals surface area contributed by atoms with Crippen LogP contribution in [0.15, 0.2) is 18.2 Å². The average Bonchev–Trinajstić information content (AvgIpc) is 2.27. The molecule has 1 aromatic carbocycles. The third kappa shape index (κ3) is 1.56. The van der Waals surface area contributed by atoms with Crippen LogP contribution in [-0.2, 0) is 19.5 Å². The van der Waals surface area contributed by atoms with Gasteiger partial charge in [-0.3, -0.25) is 0 Å². The predicted octanol–water partition coefficient (Wildman–Crippen LogP) is 1.81. The predicted molar refractivity (Wildman–Crippen MR) is 44.5 cm³/mol. The van der Waals surface area contributed by atoms with Crippen molar-refractivity contribution in [3.05, 3.63) is 29.6 Å². The van der Waals surface area contributed by atoms with E-state index in [1.54, 1.807) is 0 Å². The molecule has 0 unspecified atom stereocenters. The van der Waals surface area contributed by atoms with Gasteiger partial charge in [-0.25, -0.2) is 0 Å². The molecular weight excluding hydrogens is 237 g/mol. The van der Waals surface area contributed by atoms with Gasteiger partial charge in [-0.05, 0) is 24.9 Å². The van der Waals surface area contributed by atoms with Crippen LogP contribution in [0.1, 0.15) is 11.4 Å². The molecule has 0 saturated heterocycles. The molecule has 0 spiro atoms. The number of fused-ring (bicyclic) bond motifs is 1. The Morgan fingerprint density at radius 1 is 1.25 bits per heavy atom. The zero-order valence-corrected chi connectivity index (χ0v) is 8.72. The second kappa shape index (κ2) is 3.36. The number of aryl methyl sites for hydroxylation is 2. The third-order valence-corrected chi connectivity index (χ3v) is 1.70. The first kappa shape index (κ1) is 9.40. The number of hydrogen-bond donors (Lipinski definition) is 0. The fourth-order valence-electron chi connectivity index (χ4n) is 1.19. The van der Waals surface area contributed by atoms with Crippen molar-refractivity contribution < 1.29 is 19.5 Å². The van der Waals surface area contributed by atoms with Crippen molar-refractivity contribution in [3.63, 3.8) is 0 Å². The summed E-state index contributed by atoms with van der Waals surface area (Å²) in [4.78, 5) is 8.51. The molecule has 0 aliphatic carbocycles. The van der Waals surface area contributed by atoms with Gasteiger partial charge in [-0.1, -0.05) is 29.6 Å². The van der Waals surface area contributed by atoms with E-state index < -0.39 is 0 Å². The summed E-state index contributed by atoms with van der Waals surface area (Å²) in [5.74, 6) is 0.852. The molecule has 0 aliphatic heterocycles. The molecule has 0 atom stereocenters. The van der Waals surface area contributed by atoms with Gasteiger partial charge in [0.1, 0.15) is 0 Å². The minimum atomic E-state index is 0. The molecule has 0 amide bonds. The SMILES string of the molecule is Cc1ccc2nc(C)[n-]c2c1.[Ru+]. The second-order valence-electron chi connectivity index (χ2n) is 2.76. The minimum Gasteiger partial charge on any atom is -0.440 e. The van der Waals surface area contributed by atoms with Crippen LogP contribution in [0, 0.1) is 13.8 Å². The van der Waals surface area contributed by atoms with E-state index in [-0.39, 0.29) is 19.5 Å². The second-order valence-corrected chi connectivity index (χ2v) is 2.76. The van der Waals surface area contributed by atoms with Gasteiger partial charge in [0.05, 0.1) is 0 Å². The van der Waals surface area contributed by atoms with Gasteiger partial charge in [0.25, 0.3) is 0 Å². The van der Waals surface area contributed by atoms with E-state index in [1.807, 2.05) is 13.0 Å². The van der Waals surface area contributed by atoms with Crippen LogP contribution in [0.3, 0.4) is 0 Å². The summed E-state index contributed by atoms with van der Waals surface area (Å²) >= 11 is 0. The van der Waals surface area contributed by atoms with E-state index >= 15 is 0 Å². The van der Waals surface area contributed by atoms with Crippen molar-refractivity contribution in [2.45, 2.75) is 13.8 Å². The maximum absolute atomic E-state index is 4.26. The van der Waals surface area contributed by atoms with Gasteiger partial charge in [0, 0.05) is 0 Å². The standard InChI is InChI=1S/C9H9N2.Ru/c1-6-3-4-8-9(5-6)11-7(2)10-8;/h3-5H,1-2H3;/q-1;+1. The van der Waals surface area contributed by atoms with Gasteiger partial charge >= 0.3 is 19.5 Å². The number of rotatable bonds is 0. The van der Waals surface area contributed by atoms with Crippen molar-refractivity contribution >= 4 is 11.0 Å². The molecule has 63 valence electrons. The maximum atomic E-state index is 4.26.